The number of nitrogens with zero attached hydrogens (tertiary/aromatic N) is 1. The number of anilines is 1. The first-order valence-electron chi connectivity index (χ1n) is 5.50. The van der Waals surface area contributed by atoms with Crippen LogP contribution in [-0.4, -0.2) is 42.6 Å². The van der Waals surface area contributed by atoms with Crippen molar-refractivity contribution >= 4 is 5.69 Å². The monoisotopic (exact) mass is 223 g/mol. The summed E-state index contributed by atoms with van der Waals surface area (Å²) in [7, 11) is 0. The molecule has 1 heterocycles. The molecule has 1 atom stereocenters. The van der Waals surface area contributed by atoms with Crippen molar-refractivity contribution < 1.29 is 14.9 Å². The van der Waals surface area contributed by atoms with Gasteiger partial charge in [-0.3, -0.25) is 0 Å². The van der Waals surface area contributed by atoms with Gasteiger partial charge in [0.15, 0.2) is 0 Å². The zero-order valence-electron chi connectivity index (χ0n) is 9.17. The summed E-state index contributed by atoms with van der Waals surface area (Å²) in [4.78, 5) is 2.19. The lowest BCUT2D eigenvalue weighted by molar-refractivity contribution is 0.00357. The van der Waals surface area contributed by atoms with Gasteiger partial charge < -0.3 is 19.8 Å². The Bertz CT molecular complexity index is 326. The van der Waals surface area contributed by atoms with Crippen LogP contribution in [0.25, 0.3) is 0 Å². The van der Waals surface area contributed by atoms with Gasteiger partial charge in [-0.05, 0) is 17.7 Å². The highest BCUT2D eigenvalue weighted by Crippen LogP contribution is 2.18. The second-order valence-electron chi connectivity index (χ2n) is 3.95. The van der Waals surface area contributed by atoms with Crippen LogP contribution >= 0.6 is 0 Å². The van der Waals surface area contributed by atoms with Gasteiger partial charge in [-0.1, -0.05) is 12.1 Å². The topological polar surface area (TPSA) is 52.9 Å². The van der Waals surface area contributed by atoms with Gasteiger partial charge >= 0.3 is 0 Å². The molecule has 0 spiro atoms. The van der Waals surface area contributed by atoms with Crippen LogP contribution in [0, 0.1) is 0 Å². The predicted octanol–water partition coefficient (Wildman–Crippen LogP) is 0.376. The van der Waals surface area contributed by atoms with Crippen molar-refractivity contribution in [3.63, 3.8) is 0 Å². The molecule has 1 saturated heterocycles. The van der Waals surface area contributed by atoms with Gasteiger partial charge in [-0.15, -0.1) is 0 Å². The molecule has 16 heavy (non-hydrogen) atoms. The minimum absolute atomic E-state index is 0.0607. The van der Waals surface area contributed by atoms with Crippen molar-refractivity contribution in [3.05, 3.63) is 29.8 Å². The molecular weight excluding hydrogens is 206 g/mol. The summed E-state index contributed by atoms with van der Waals surface area (Å²) in [5.74, 6) is 0. The Hall–Kier alpha value is -1.10. The summed E-state index contributed by atoms with van der Waals surface area (Å²) in [5.41, 5.74) is 2.02. The third-order valence-corrected chi connectivity index (χ3v) is 2.83. The molecule has 0 bridgehead atoms. The SMILES string of the molecule is OCc1ccc(N2CCOC(CO)C2)cc1. The normalized spacial score (nSPS) is 21.1. The van der Waals surface area contributed by atoms with Crippen molar-refractivity contribution in [1.82, 2.24) is 0 Å². The highest BCUT2D eigenvalue weighted by molar-refractivity contribution is 5.48. The van der Waals surface area contributed by atoms with Crippen LogP contribution in [0.4, 0.5) is 5.69 Å². The molecule has 0 aromatic heterocycles. The minimum Gasteiger partial charge on any atom is -0.394 e. The Morgan fingerprint density at radius 3 is 2.62 bits per heavy atom. The van der Waals surface area contributed by atoms with E-state index in [9.17, 15) is 0 Å². The van der Waals surface area contributed by atoms with Crippen LogP contribution in [-0.2, 0) is 11.3 Å². The molecule has 2 N–H and O–H groups in total. The van der Waals surface area contributed by atoms with Crippen LogP contribution in [0.1, 0.15) is 5.56 Å². The number of aliphatic hydroxyl groups is 2. The Labute approximate surface area is 95.1 Å². The first-order valence-corrected chi connectivity index (χ1v) is 5.50. The molecular formula is C12H17NO3. The lowest BCUT2D eigenvalue weighted by Gasteiger charge is -2.33. The fourth-order valence-electron chi connectivity index (χ4n) is 1.88. The lowest BCUT2D eigenvalue weighted by Crippen LogP contribution is -2.44. The van der Waals surface area contributed by atoms with E-state index in [1.54, 1.807) is 0 Å². The summed E-state index contributed by atoms with van der Waals surface area (Å²) in [6.45, 7) is 2.34. The maximum Gasteiger partial charge on any atom is 0.0980 e. The van der Waals surface area contributed by atoms with Gasteiger partial charge in [0.2, 0.25) is 0 Å². The highest BCUT2D eigenvalue weighted by atomic mass is 16.5. The van der Waals surface area contributed by atoms with Crippen molar-refractivity contribution in [2.75, 3.05) is 31.2 Å². The van der Waals surface area contributed by atoms with Crippen LogP contribution in [0.3, 0.4) is 0 Å². The van der Waals surface area contributed by atoms with E-state index in [1.807, 2.05) is 24.3 Å². The number of aliphatic hydroxyl groups excluding tert-OH is 2. The van der Waals surface area contributed by atoms with E-state index in [1.165, 1.54) is 0 Å². The Balaban J connectivity index is 2.05. The van der Waals surface area contributed by atoms with Crippen LogP contribution in [0.2, 0.25) is 0 Å². The third kappa shape index (κ3) is 2.52. The number of morpholine rings is 1. The number of ether oxygens (including phenoxy) is 1. The van der Waals surface area contributed by atoms with Crippen molar-refractivity contribution in [2.24, 2.45) is 0 Å². The zero-order chi connectivity index (χ0) is 11.4. The first-order chi connectivity index (χ1) is 7.83. The average Bonchev–Trinajstić information content (AvgIpc) is 2.39. The summed E-state index contributed by atoms with van der Waals surface area (Å²) in [6, 6.07) is 7.81. The second kappa shape index (κ2) is 5.30. The number of rotatable bonds is 3. The van der Waals surface area contributed by atoms with Crippen molar-refractivity contribution in [1.29, 1.82) is 0 Å². The molecule has 88 valence electrons. The van der Waals surface area contributed by atoms with Gasteiger partial charge in [0.05, 0.1) is 25.9 Å². The third-order valence-electron chi connectivity index (χ3n) is 2.83. The maximum atomic E-state index is 9.05. The Kier molecular flexibility index (Phi) is 3.77. The van der Waals surface area contributed by atoms with E-state index in [4.69, 9.17) is 14.9 Å². The van der Waals surface area contributed by atoms with E-state index in [-0.39, 0.29) is 19.3 Å². The number of hydrogen-bond donors (Lipinski definition) is 2. The molecule has 0 amide bonds. The molecule has 1 unspecified atom stereocenters. The van der Waals surface area contributed by atoms with E-state index in [0.29, 0.717) is 6.61 Å². The zero-order valence-corrected chi connectivity index (χ0v) is 9.17. The summed E-state index contributed by atoms with van der Waals surface area (Å²) in [6.07, 6.45) is -0.0914. The second-order valence-corrected chi connectivity index (χ2v) is 3.95. The average molecular weight is 223 g/mol. The first kappa shape index (κ1) is 11.4. The molecule has 0 radical (unpaired) electrons. The van der Waals surface area contributed by atoms with Gasteiger partial charge in [0.1, 0.15) is 0 Å². The standard InChI is InChI=1S/C12H17NO3/c14-8-10-1-3-11(4-2-10)13-5-6-16-12(7-13)9-15/h1-4,12,14-15H,5-9H2. The highest BCUT2D eigenvalue weighted by Gasteiger charge is 2.19. The van der Waals surface area contributed by atoms with E-state index in [2.05, 4.69) is 4.90 Å². The van der Waals surface area contributed by atoms with E-state index < -0.39 is 0 Å². The molecule has 1 fully saturated rings. The molecule has 4 nitrogen and oxygen atoms in total. The molecule has 1 aromatic carbocycles. The van der Waals surface area contributed by atoms with Crippen LogP contribution in [0.5, 0.6) is 0 Å². The van der Waals surface area contributed by atoms with E-state index in [0.717, 1.165) is 24.3 Å². The molecule has 0 aliphatic carbocycles. The lowest BCUT2D eigenvalue weighted by atomic mass is 10.2. The molecule has 1 aliphatic rings. The summed E-state index contributed by atoms with van der Waals surface area (Å²) in [5, 5.41) is 18.0. The Morgan fingerprint density at radius 1 is 1.25 bits per heavy atom. The molecule has 1 aliphatic heterocycles. The quantitative estimate of drug-likeness (QED) is 0.777. The minimum atomic E-state index is -0.0914. The summed E-state index contributed by atoms with van der Waals surface area (Å²) >= 11 is 0. The smallest absolute Gasteiger partial charge is 0.0980 e. The predicted molar refractivity (Wildman–Crippen MR) is 61.4 cm³/mol. The molecule has 4 heteroatoms. The van der Waals surface area contributed by atoms with E-state index >= 15 is 0 Å². The Morgan fingerprint density at radius 2 is 2.00 bits per heavy atom. The summed E-state index contributed by atoms with van der Waals surface area (Å²) < 4.78 is 5.39. The molecule has 0 saturated carbocycles. The van der Waals surface area contributed by atoms with Gasteiger partial charge in [-0.25, -0.2) is 0 Å². The van der Waals surface area contributed by atoms with Gasteiger partial charge in [0.25, 0.3) is 0 Å². The van der Waals surface area contributed by atoms with Gasteiger partial charge in [-0.2, -0.15) is 0 Å². The van der Waals surface area contributed by atoms with Crippen molar-refractivity contribution in [3.8, 4) is 0 Å². The van der Waals surface area contributed by atoms with Crippen LogP contribution in [0.15, 0.2) is 24.3 Å². The molecule has 2 rings (SSSR count). The fraction of sp³-hybridized carbons (Fsp3) is 0.500. The molecule has 1 aromatic rings. The largest absolute Gasteiger partial charge is 0.394 e. The maximum absolute atomic E-state index is 9.05. The van der Waals surface area contributed by atoms with Crippen molar-refractivity contribution in [2.45, 2.75) is 12.7 Å². The van der Waals surface area contributed by atoms with Gasteiger partial charge in [0, 0.05) is 18.8 Å². The number of hydrogen-bond acceptors (Lipinski definition) is 4. The number of benzene rings is 1. The van der Waals surface area contributed by atoms with Crippen LogP contribution < -0.4 is 4.90 Å². The fourth-order valence-corrected chi connectivity index (χ4v) is 1.88.